The topological polar surface area (TPSA) is 32.3 Å². The van der Waals surface area contributed by atoms with E-state index in [0.29, 0.717) is 5.91 Å². The summed E-state index contributed by atoms with van der Waals surface area (Å²) >= 11 is 0. The van der Waals surface area contributed by atoms with E-state index in [1.807, 2.05) is 0 Å². The fourth-order valence-electron chi connectivity index (χ4n) is 3.19. The molecule has 3 rings (SSSR count). The van der Waals surface area contributed by atoms with Crippen molar-refractivity contribution >= 4 is 5.91 Å². The molecule has 1 aliphatic heterocycles. The molecule has 2 aliphatic carbocycles. The monoisotopic (exact) mass is 250 g/mol. The van der Waals surface area contributed by atoms with E-state index in [2.05, 4.69) is 10.2 Å². The first-order chi connectivity index (χ1) is 8.81. The normalized spacial score (nSPS) is 29.9. The zero-order valence-corrected chi connectivity index (χ0v) is 11.4. The summed E-state index contributed by atoms with van der Waals surface area (Å²) in [5, 5.41) is 3.15. The fraction of sp³-hybridized carbons (Fsp3) is 0.933. The second kappa shape index (κ2) is 5.60. The summed E-state index contributed by atoms with van der Waals surface area (Å²) in [7, 11) is 0. The fourth-order valence-corrected chi connectivity index (χ4v) is 3.19. The summed E-state index contributed by atoms with van der Waals surface area (Å²) in [6.45, 7) is 4.39. The Balaban J connectivity index is 1.41. The van der Waals surface area contributed by atoms with Crippen LogP contribution >= 0.6 is 0 Å². The van der Waals surface area contributed by atoms with Crippen LogP contribution in [-0.2, 0) is 4.79 Å². The number of nitrogens with one attached hydrogen (secondary N) is 1. The molecular formula is C15H26N2O. The number of hydrogen-bond acceptors (Lipinski definition) is 2. The van der Waals surface area contributed by atoms with Gasteiger partial charge in [0.2, 0.25) is 5.91 Å². The van der Waals surface area contributed by atoms with E-state index in [1.54, 1.807) is 0 Å². The van der Waals surface area contributed by atoms with Gasteiger partial charge in [0.25, 0.3) is 0 Å². The maximum absolute atomic E-state index is 12.1. The number of piperidine rings is 1. The Bertz CT molecular complexity index is 297. The van der Waals surface area contributed by atoms with Gasteiger partial charge in [-0.15, -0.1) is 0 Å². The maximum atomic E-state index is 12.1. The zero-order chi connectivity index (χ0) is 12.4. The average Bonchev–Trinajstić information content (AvgIpc) is 3.15. The predicted octanol–water partition coefficient (Wildman–Crippen LogP) is 2.02. The second-order valence-electron chi connectivity index (χ2n) is 6.58. The molecular weight excluding hydrogens is 224 g/mol. The Labute approximate surface area is 110 Å². The van der Waals surface area contributed by atoms with E-state index < -0.39 is 0 Å². The highest BCUT2D eigenvalue weighted by atomic mass is 16.1. The summed E-state index contributed by atoms with van der Waals surface area (Å²) in [5.74, 6) is 2.31. The lowest BCUT2D eigenvalue weighted by Gasteiger charge is -2.37. The molecule has 3 nitrogen and oxygen atoms in total. The molecule has 3 heteroatoms. The molecule has 1 amide bonds. The van der Waals surface area contributed by atoms with Crippen molar-refractivity contribution in [3.63, 3.8) is 0 Å². The summed E-state index contributed by atoms with van der Waals surface area (Å²) in [6, 6.07) is 0. The summed E-state index contributed by atoms with van der Waals surface area (Å²) < 4.78 is 0. The van der Waals surface area contributed by atoms with Gasteiger partial charge in [0, 0.05) is 19.6 Å². The third-order valence-electron chi connectivity index (χ3n) is 4.88. The van der Waals surface area contributed by atoms with Crippen molar-refractivity contribution < 1.29 is 4.79 Å². The van der Waals surface area contributed by atoms with E-state index in [4.69, 9.17) is 0 Å². The number of hydrogen-bond donors (Lipinski definition) is 1. The van der Waals surface area contributed by atoms with Crippen LogP contribution in [0.2, 0.25) is 0 Å². The largest absolute Gasteiger partial charge is 0.356 e. The van der Waals surface area contributed by atoms with Gasteiger partial charge in [-0.1, -0.05) is 6.42 Å². The Morgan fingerprint density at radius 1 is 1.06 bits per heavy atom. The minimum absolute atomic E-state index is 0.262. The lowest BCUT2D eigenvalue weighted by molar-refractivity contribution is -0.126. The molecule has 102 valence electrons. The standard InChI is InChI=1S/C15H26N2O/c18-15(16-9-12-6-7-12)14-5-2-8-17(11-14)10-13-3-1-4-13/h12-14H,1-11H2,(H,16,18)/t14-/m1/s1. The molecule has 3 aliphatic rings. The molecule has 0 unspecified atom stereocenters. The summed E-state index contributed by atoms with van der Waals surface area (Å²) in [6.07, 6.45) is 9.18. The molecule has 0 radical (unpaired) electrons. The highest BCUT2D eigenvalue weighted by molar-refractivity contribution is 5.79. The van der Waals surface area contributed by atoms with Crippen LogP contribution in [-0.4, -0.2) is 37.0 Å². The van der Waals surface area contributed by atoms with Gasteiger partial charge in [-0.3, -0.25) is 4.79 Å². The number of likely N-dealkylation sites (tertiary alicyclic amines) is 1. The molecule has 1 heterocycles. The van der Waals surface area contributed by atoms with Crippen LogP contribution in [0.15, 0.2) is 0 Å². The van der Waals surface area contributed by atoms with Gasteiger partial charge in [-0.2, -0.15) is 0 Å². The van der Waals surface area contributed by atoms with E-state index in [0.717, 1.165) is 31.3 Å². The maximum Gasteiger partial charge on any atom is 0.224 e. The summed E-state index contributed by atoms with van der Waals surface area (Å²) in [4.78, 5) is 14.6. The molecule has 0 spiro atoms. The van der Waals surface area contributed by atoms with Gasteiger partial charge in [-0.25, -0.2) is 0 Å². The van der Waals surface area contributed by atoms with Gasteiger partial charge in [0.15, 0.2) is 0 Å². The Morgan fingerprint density at radius 3 is 2.56 bits per heavy atom. The quantitative estimate of drug-likeness (QED) is 0.809. The third kappa shape index (κ3) is 3.25. The van der Waals surface area contributed by atoms with E-state index in [1.165, 1.54) is 51.6 Å². The average molecular weight is 250 g/mol. The molecule has 1 N–H and O–H groups in total. The molecule has 3 fully saturated rings. The van der Waals surface area contributed by atoms with Crippen molar-refractivity contribution in [2.24, 2.45) is 17.8 Å². The van der Waals surface area contributed by atoms with Crippen molar-refractivity contribution in [2.45, 2.75) is 44.9 Å². The highest BCUT2D eigenvalue weighted by Gasteiger charge is 2.29. The van der Waals surface area contributed by atoms with E-state index in [-0.39, 0.29) is 5.92 Å². The van der Waals surface area contributed by atoms with Crippen LogP contribution < -0.4 is 5.32 Å². The van der Waals surface area contributed by atoms with Gasteiger partial charge in [0.05, 0.1) is 5.92 Å². The molecule has 1 saturated heterocycles. The van der Waals surface area contributed by atoms with Gasteiger partial charge >= 0.3 is 0 Å². The Kier molecular flexibility index (Phi) is 3.88. The molecule has 18 heavy (non-hydrogen) atoms. The number of carbonyl (C=O) groups excluding carboxylic acids is 1. The number of nitrogens with zero attached hydrogens (tertiary/aromatic N) is 1. The first kappa shape index (κ1) is 12.5. The minimum Gasteiger partial charge on any atom is -0.356 e. The molecule has 2 saturated carbocycles. The molecule has 0 aromatic carbocycles. The smallest absolute Gasteiger partial charge is 0.224 e. The Morgan fingerprint density at radius 2 is 1.89 bits per heavy atom. The van der Waals surface area contributed by atoms with Crippen molar-refractivity contribution in [1.82, 2.24) is 10.2 Å². The van der Waals surface area contributed by atoms with Crippen LogP contribution in [0.5, 0.6) is 0 Å². The Hall–Kier alpha value is -0.570. The van der Waals surface area contributed by atoms with Crippen molar-refractivity contribution in [3.8, 4) is 0 Å². The van der Waals surface area contributed by atoms with Crippen LogP contribution in [0.4, 0.5) is 0 Å². The molecule has 0 aromatic heterocycles. The third-order valence-corrected chi connectivity index (χ3v) is 4.88. The zero-order valence-electron chi connectivity index (χ0n) is 11.4. The van der Waals surface area contributed by atoms with E-state index >= 15 is 0 Å². The number of amides is 1. The van der Waals surface area contributed by atoms with Crippen LogP contribution in [0.1, 0.15) is 44.9 Å². The minimum atomic E-state index is 0.262. The molecule has 0 aromatic rings. The first-order valence-corrected chi connectivity index (χ1v) is 7.81. The highest BCUT2D eigenvalue weighted by Crippen LogP contribution is 2.29. The number of rotatable bonds is 5. The first-order valence-electron chi connectivity index (χ1n) is 7.81. The van der Waals surface area contributed by atoms with E-state index in [9.17, 15) is 4.79 Å². The lowest BCUT2D eigenvalue weighted by atomic mass is 9.84. The summed E-state index contributed by atoms with van der Waals surface area (Å²) in [5.41, 5.74) is 0. The lowest BCUT2D eigenvalue weighted by Crippen LogP contribution is -2.45. The van der Waals surface area contributed by atoms with Crippen LogP contribution in [0, 0.1) is 17.8 Å². The molecule has 0 bridgehead atoms. The van der Waals surface area contributed by atoms with Gasteiger partial charge < -0.3 is 10.2 Å². The van der Waals surface area contributed by atoms with Gasteiger partial charge in [0.1, 0.15) is 0 Å². The van der Waals surface area contributed by atoms with Crippen molar-refractivity contribution in [1.29, 1.82) is 0 Å². The van der Waals surface area contributed by atoms with Gasteiger partial charge in [-0.05, 0) is 56.9 Å². The second-order valence-corrected chi connectivity index (χ2v) is 6.58. The predicted molar refractivity (Wildman–Crippen MR) is 72.2 cm³/mol. The van der Waals surface area contributed by atoms with Crippen molar-refractivity contribution in [2.75, 3.05) is 26.2 Å². The number of carbonyl (C=O) groups is 1. The SMILES string of the molecule is O=C(NCC1CC1)[C@@H]1CCCN(CC2CCC2)C1. The van der Waals surface area contributed by atoms with Crippen molar-refractivity contribution in [3.05, 3.63) is 0 Å². The molecule has 1 atom stereocenters. The van der Waals surface area contributed by atoms with Crippen LogP contribution in [0.25, 0.3) is 0 Å². The van der Waals surface area contributed by atoms with Crippen LogP contribution in [0.3, 0.4) is 0 Å².